The second-order valence-electron chi connectivity index (χ2n) is 5.18. The average molecular weight is 349 g/mol. The molecule has 0 radical (unpaired) electrons. The number of nitrogens with zero attached hydrogens (tertiary/aromatic N) is 1. The quantitative estimate of drug-likeness (QED) is 0.922. The zero-order valence-electron chi connectivity index (χ0n) is 12.2. The fourth-order valence-electron chi connectivity index (χ4n) is 1.98. The van der Waals surface area contributed by atoms with Gasteiger partial charge in [0.05, 0.1) is 10.0 Å². The Hall–Kier alpha value is -1.88. The molecule has 0 saturated carbocycles. The van der Waals surface area contributed by atoms with E-state index in [1.807, 2.05) is 24.3 Å². The lowest BCUT2D eigenvalue weighted by Gasteiger charge is -2.19. The number of halogens is 1. The Bertz CT molecular complexity index is 722. The van der Waals surface area contributed by atoms with Crippen molar-refractivity contribution in [3.8, 4) is 0 Å². The van der Waals surface area contributed by atoms with Gasteiger partial charge in [-0.15, -0.1) is 0 Å². The fourth-order valence-corrected chi connectivity index (χ4v) is 2.34. The summed E-state index contributed by atoms with van der Waals surface area (Å²) in [5.41, 5.74) is 2.18. The van der Waals surface area contributed by atoms with Crippen molar-refractivity contribution in [3.05, 3.63) is 62.5 Å². The van der Waals surface area contributed by atoms with Crippen molar-refractivity contribution < 1.29 is 4.79 Å². The number of amides is 1. The van der Waals surface area contributed by atoms with Crippen LogP contribution in [0.2, 0.25) is 0 Å². The molecule has 110 valence electrons. The van der Waals surface area contributed by atoms with Crippen LogP contribution in [0.15, 0.2) is 45.8 Å². The van der Waals surface area contributed by atoms with E-state index in [0.717, 1.165) is 5.69 Å². The number of carbonyl (C=O) groups is 1. The molecule has 0 aliphatic carbocycles. The number of carbonyl (C=O) groups excluding carboxylic acids is 1. The first-order valence-electron chi connectivity index (χ1n) is 6.66. The number of hydrogen-bond acceptors (Lipinski definition) is 2. The van der Waals surface area contributed by atoms with Crippen LogP contribution in [-0.4, -0.2) is 17.9 Å². The van der Waals surface area contributed by atoms with Gasteiger partial charge in [0.15, 0.2) is 0 Å². The summed E-state index contributed by atoms with van der Waals surface area (Å²) < 4.78 is 0.345. The molecule has 2 rings (SSSR count). The van der Waals surface area contributed by atoms with Gasteiger partial charge in [0, 0.05) is 18.9 Å². The smallest absolute Gasteiger partial charge is 0.262 e. The van der Waals surface area contributed by atoms with Gasteiger partial charge < -0.3 is 9.88 Å². The summed E-state index contributed by atoms with van der Waals surface area (Å²) >= 11 is 3.14. The van der Waals surface area contributed by atoms with E-state index in [4.69, 9.17) is 0 Å². The Morgan fingerprint density at radius 1 is 1.29 bits per heavy atom. The van der Waals surface area contributed by atoms with E-state index in [1.54, 1.807) is 11.9 Å². The lowest BCUT2D eigenvalue weighted by molar-refractivity contribution is 0.0992. The first-order valence-corrected chi connectivity index (χ1v) is 7.45. The highest BCUT2D eigenvalue weighted by molar-refractivity contribution is 9.10. The Labute approximate surface area is 131 Å². The molecule has 2 aromatic rings. The van der Waals surface area contributed by atoms with Crippen LogP contribution >= 0.6 is 15.9 Å². The number of H-pyrrole nitrogens is 1. The summed E-state index contributed by atoms with van der Waals surface area (Å²) in [6, 6.07) is 9.41. The van der Waals surface area contributed by atoms with Gasteiger partial charge in [-0.2, -0.15) is 0 Å². The third-order valence-corrected chi connectivity index (χ3v) is 3.92. The number of anilines is 1. The summed E-state index contributed by atoms with van der Waals surface area (Å²) in [6.45, 7) is 4.22. The van der Waals surface area contributed by atoms with Gasteiger partial charge in [-0.05, 0) is 45.6 Å². The van der Waals surface area contributed by atoms with Crippen molar-refractivity contribution >= 4 is 27.5 Å². The summed E-state index contributed by atoms with van der Waals surface area (Å²) in [4.78, 5) is 27.9. The van der Waals surface area contributed by atoms with Crippen LogP contribution in [0.5, 0.6) is 0 Å². The van der Waals surface area contributed by atoms with Crippen molar-refractivity contribution in [2.45, 2.75) is 19.8 Å². The minimum Gasteiger partial charge on any atom is -0.327 e. The molecule has 0 saturated heterocycles. The van der Waals surface area contributed by atoms with E-state index in [0.29, 0.717) is 16.0 Å². The van der Waals surface area contributed by atoms with Gasteiger partial charge in [0.2, 0.25) is 0 Å². The lowest BCUT2D eigenvalue weighted by atomic mass is 10.0. The van der Waals surface area contributed by atoms with Gasteiger partial charge in [0.25, 0.3) is 11.5 Å². The van der Waals surface area contributed by atoms with Crippen LogP contribution in [0.3, 0.4) is 0 Å². The van der Waals surface area contributed by atoms with Gasteiger partial charge in [-0.1, -0.05) is 26.0 Å². The Kier molecular flexibility index (Phi) is 4.63. The second kappa shape index (κ2) is 6.26. The second-order valence-corrected chi connectivity index (χ2v) is 6.03. The van der Waals surface area contributed by atoms with Crippen molar-refractivity contribution in [2.24, 2.45) is 0 Å². The molecular weight excluding hydrogens is 332 g/mol. The minimum absolute atomic E-state index is 0.173. The summed E-state index contributed by atoms with van der Waals surface area (Å²) in [6.07, 6.45) is 1.43. The topological polar surface area (TPSA) is 53.2 Å². The van der Waals surface area contributed by atoms with E-state index in [9.17, 15) is 9.59 Å². The Morgan fingerprint density at radius 2 is 2.00 bits per heavy atom. The number of nitrogens with one attached hydrogen (secondary N) is 1. The molecule has 5 heteroatoms. The van der Waals surface area contributed by atoms with Crippen molar-refractivity contribution in [2.75, 3.05) is 11.9 Å². The van der Waals surface area contributed by atoms with Crippen LogP contribution in [-0.2, 0) is 0 Å². The summed E-state index contributed by atoms with van der Waals surface area (Å²) in [5.74, 6) is 0.225. The molecule has 4 nitrogen and oxygen atoms in total. The van der Waals surface area contributed by atoms with Crippen molar-refractivity contribution in [1.82, 2.24) is 4.98 Å². The number of aromatic amines is 1. The zero-order valence-corrected chi connectivity index (χ0v) is 13.8. The van der Waals surface area contributed by atoms with Gasteiger partial charge in [-0.25, -0.2) is 0 Å². The molecule has 0 atom stereocenters. The number of aromatic nitrogens is 1. The molecule has 1 amide bonds. The van der Waals surface area contributed by atoms with Crippen LogP contribution in [0, 0.1) is 0 Å². The van der Waals surface area contributed by atoms with Crippen molar-refractivity contribution in [3.63, 3.8) is 0 Å². The standard InChI is InChI=1S/C16H17BrN2O2/c1-10(2)11-5-4-6-13(7-11)19(3)16(21)12-8-14(17)15(20)18-9-12/h4-10H,1-3H3,(H,18,20). The van der Waals surface area contributed by atoms with E-state index < -0.39 is 0 Å². The van der Waals surface area contributed by atoms with E-state index >= 15 is 0 Å². The maximum atomic E-state index is 12.5. The number of rotatable bonds is 3. The number of hydrogen-bond donors (Lipinski definition) is 1. The molecule has 0 aliphatic heterocycles. The fraction of sp³-hybridized carbons (Fsp3) is 0.250. The Balaban J connectivity index is 2.32. The van der Waals surface area contributed by atoms with Gasteiger partial charge in [0.1, 0.15) is 0 Å². The predicted octanol–water partition coefficient (Wildman–Crippen LogP) is 3.54. The number of pyridine rings is 1. The first kappa shape index (κ1) is 15.5. The van der Waals surface area contributed by atoms with Crippen molar-refractivity contribution in [1.29, 1.82) is 0 Å². The SMILES string of the molecule is CC(C)c1cccc(N(C)C(=O)c2c[nH]c(=O)c(Br)c2)c1. The molecule has 1 aromatic heterocycles. The molecule has 1 heterocycles. The maximum absolute atomic E-state index is 12.5. The Morgan fingerprint density at radius 3 is 2.62 bits per heavy atom. The molecule has 0 aliphatic rings. The van der Waals surface area contributed by atoms with E-state index in [-0.39, 0.29) is 11.5 Å². The van der Waals surface area contributed by atoms with Crippen LogP contribution in [0.1, 0.15) is 35.7 Å². The lowest BCUT2D eigenvalue weighted by Crippen LogP contribution is -2.27. The van der Waals surface area contributed by atoms with E-state index in [1.165, 1.54) is 17.8 Å². The highest BCUT2D eigenvalue weighted by Crippen LogP contribution is 2.22. The normalized spacial score (nSPS) is 10.7. The van der Waals surface area contributed by atoms with Gasteiger partial charge in [-0.3, -0.25) is 9.59 Å². The highest BCUT2D eigenvalue weighted by atomic mass is 79.9. The molecule has 0 spiro atoms. The maximum Gasteiger partial charge on any atom is 0.262 e. The monoisotopic (exact) mass is 348 g/mol. The van der Waals surface area contributed by atoms with E-state index in [2.05, 4.69) is 34.8 Å². The van der Waals surface area contributed by atoms with Gasteiger partial charge >= 0.3 is 0 Å². The van der Waals surface area contributed by atoms with Crippen LogP contribution < -0.4 is 10.5 Å². The molecule has 21 heavy (non-hydrogen) atoms. The summed E-state index contributed by atoms with van der Waals surface area (Å²) in [7, 11) is 1.72. The third kappa shape index (κ3) is 3.42. The molecule has 0 bridgehead atoms. The minimum atomic E-state index is -0.254. The highest BCUT2D eigenvalue weighted by Gasteiger charge is 2.15. The first-order chi connectivity index (χ1) is 9.90. The van der Waals surface area contributed by atoms with Crippen LogP contribution in [0.25, 0.3) is 0 Å². The molecule has 1 N–H and O–H groups in total. The largest absolute Gasteiger partial charge is 0.327 e. The summed E-state index contributed by atoms with van der Waals surface area (Å²) in [5, 5.41) is 0. The molecule has 0 unspecified atom stereocenters. The van der Waals surface area contributed by atoms with Crippen LogP contribution in [0.4, 0.5) is 5.69 Å². The molecular formula is C16H17BrN2O2. The zero-order chi connectivity index (χ0) is 15.6. The third-order valence-electron chi connectivity index (χ3n) is 3.33. The molecule has 0 fully saturated rings. The predicted molar refractivity (Wildman–Crippen MR) is 88.0 cm³/mol. The molecule has 1 aromatic carbocycles. The average Bonchev–Trinajstić information content (AvgIpc) is 2.48. The number of benzene rings is 1.